The van der Waals surface area contributed by atoms with Gasteiger partial charge >= 0.3 is 0 Å². The number of ketones is 1. The summed E-state index contributed by atoms with van der Waals surface area (Å²) in [5.74, 6) is 0.618. The lowest BCUT2D eigenvalue weighted by Gasteiger charge is -2.20. The van der Waals surface area contributed by atoms with E-state index in [0.717, 1.165) is 25.4 Å². The van der Waals surface area contributed by atoms with Crippen molar-refractivity contribution in [2.75, 3.05) is 19.6 Å². The number of Topliss-reactive ketones (excluding diaryl/α,β-unsaturated/α-hetero) is 1. The zero-order valence-electron chi connectivity index (χ0n) is 11.6. The van der Waals surface area contributed by atoms with E-state index in [1.165, 1.54) is 18.9 Å². The molecule has 2 nitrogen and oxygen atoms in total. The zero-order valence-corrected chi connectivity index (χ0v) is 11.6. The van der Waals surface area contributed by atoms with Gasteiger partial charge in [-0.2, -0.15) is 0 Å². The number of carbonyl (C=O) groups excluding carboxylic acids is 1. The van der Waals surface area contributed by atoms with Crippen LogP contribution in [-0.4, -0.2) is 30.3 Å². The molecule has 0 aliphatic heterocycles. The minimum Gasteiger partial charge on any atom is -0.298 e. The van der Waals surface area contributed by atoms with Gasteiger partial charge in [0.15, 0.2) is 5.78 Å². The standard InChI is InChI=1S/C16H22FNO/c1-2-9-18(11-13-7-8-13)12-15(19)10-14-5-3-4-6-16(14)17/h3-6,13H,2,7-12H2,1H3. The van der Waals surface area contributed by atoms with E-state index in [9.17, 15) is 9.18 Å². The van der Waals surface area contributed by atoms with Gasteiger partial charge in [-0.25, -0.2) is 4.39 Å². The SMILES string of the molecule is CCCN(CC(=O)Cc1ccccc1F)CC1CC1. The summed E-state index contributed by atoms with van der Waals surface area (Å²) in [6, 6.07) is 6.54. The first-order valence-electron chi connectivity index (χ1n) is 7.16. The molecule has 0 amide bonds. The molecule has 1 aromatic rings. The number of benzene rings is 1. The quantitative estimate of drug-likeness (QED) is 0.718. The molecule has 3 heteroatoms. The summed E-state index contributed by atoms with van der Waals surface area (Å²) in [6.45, 7) is 4.57. The molecule has 104 valence electrons. The predicted octanol–water partition coefficient (Wildman–Crippen LogP) is 3.06. The highest BCUT2D eigenvalue weighted by molar-refractivity contribution is 5.82. The smallest absolute Gasteiger partial charge is 0.151 e. The molecule has 2 rings (SSSR count). The van der Waals surface area contributed by atoms with Crippen LogP contribution in [-0.2, 0) is 11.2 Å². The Morgan fingerprint density at radius 1 is 1.37 bits per heavy atom. The first-order valence-corrected chi connectivity index (χ1v) is 7.16. The molecule has 19 heavy (non-hydrogen) atoms. The van der Waals surface area contributed by atoms with Gasteiger partial charge in [-0.1, -0.05) is 25.1 Å². The Balaban J connectivity index is 1.86. The molecule has 1 aliphatic rings. The molecular weight excluding hydrogens is 241 g/mol. The highest BCUT2D eigenvalue weighted by atomic mass is 19.1. The molecule has 1 saturated carbocycles. The maximum Gasteiger partial charge on any atom is 0.151 e. The molecule has 0 N–H and O–H groups in total. The van der Waals surface area contributed by atoms with E-state index in [1.807, 2.05) is 0 Å². The van der Waals surface area contributed by atoms with Crippen molar-refractivity contribution < 1.29 is 9.18 Å². The fourth-order valence-corrected chi connectivity index (χ4v) is 2.38. The van der Waals surface area contributed by atoms with Crippen molar-refractivity contribution in [3.63, 3.8) is 0 Å². The molecule has 1 aromatic carbocycles. The van der Waals surface area contributed by atoms with Crippen molar-refractivity contribution in [2.45, 2.75) is 32.6 Å². The van der Waals surface area contributed by atoms with Crippen molar-refractivity contribution in [1.82, 2.24) is 4.90 Å². The van der Waals surface area contributed by atoms with Gasteiger partial charge in [-0.3, -0.25) is 9.69 Å². The molecule has 0 aromatic heterocycles. The zero-order chi connectivity index (χ0) is 13.7. The second-order valence-corrected chi connectivity index (χ2v) is 5.49. The maximum absolute atomic E-state index is 13.5. The van der Waals surface area contributed by atoms with Crippen LogP contribution in [0.2, 0.25) is 0 Å². The molecule has 1 aliphatic carbocycles. The average Bonchev–Trinajstić information content (AvgIpc) is 3.16. The van der Waals surface area contributed by atoms with E-state index in [-0.39, 0.29) is 18.0 Å². The van der Waals surface area contributed by atoms with Gasteiger partial charge in [0.2, 0.25) is 0 Å². The van der Waals surface area contributed by atoms with Crippen LogP contribution in [0.5, 0.6) is 0 Å². The lowest BCUT2D eigenvalue weighted by Crippen LogP contribution is -2.33. The molecule has 0 saturated heterocycles. The van der Waals surface area contributed by atoms with Crippen LogP contribution in [0.25, 0.3) is 0 Å². The van der Waals surface area contributed by atoms with E-state index in [2.05, 4.69) is 11.8 Å². The second-order valence-electron chi connectivity index (χ2n) is 5.49. The molecule has 0 radical (unpaired) electrons. The molecular formula is C16H22FNO. The van der Waals surface area contributed by atoms with Crippen molar-refractivity contribution in [3.05, 3.63) is 35.6 Å². The fourth-order valence-electron chi connectivity index (χ4n) is 2.38. The van der Waals surface area contributed by atoms with Crippen molar-refractivity contribution in [2.24, 2.45) is 5.92 Å². The largest absolute Gasteiger partial charge is 0.298 e. The van der Waals surface area contributed by atoms with Crippen LogP contribution >= 0.6 is 0 Å². The van der Waals surface area contributed by atoms with Gasteiger partial charge in [0.1, 0.15) is 5.82 Å². The molecule has 0 bridgehead atoms. The second kappa shape index (κ2) is 6.80. The highest BCUT2D eigenvalue weighted by Crippen LogP contribution is 2.29. The third kappa shape index (κ3) is 4.75. The minimum absolute atomic E-state index is 0.110. The van der Waals surface area contributed by atoms with Crippen molar-refractivity contribution in [1.29, 1.82) is 0 Å². The highest BCUT2D eigenvalue weighted by Gasteiger charge is 2.24. The van der Waals surface area contributed by atoms with Crippen LogP contribution in [0.4, 0.5) is 4.39 Å². The Bertz CT molecular complexity index is 429. The van der Waals surface area contributed by atoms with E-state index < -0.39 is 0 Å². The van der Waals surface area contributed by atoms with Gasteiger partial charge < -0.3 is 0 Å². The Labute approximate surface area is 114 Å². The Kier molecular flexibility index (Phi) is 5.08. The Morgan fingerprint density at radius 3 is 2.74 bits per heavy atom. The Morgan fingerprint density at radius 2 is 2.11 bits per heavy atom. The summed E-state index contributed by atoms with van der Waals surface area (Å²) in [5.41, 5.74) is 0.510. The third-order valence-corrected chi connectivity index (χ3v) is 3.50. The van der Waals surface area contributed by atoms with Gasteiger partial charge in [0.25, 0.3) is 0 Å². The third-order valence-electron chi connectivity index (χ3n) is 3.50. The predicted molar refractivity (Wildman–Crippen MR) is 74.6 cm³/mol. The lowest BCUT2D eigenvalue weighted by molar-refractivity contribution is -0.119. The lowest BCUT2D eigenvalue weighted by atomic mass is 10.1. The summed E-state index contributed by atoms with van der Waals surface area (Å²) < 4.78 is 13.5. The molecule has 0 unspecified atom stereocenters. The first-order chi connectivity index (χ1) is 9.19. The van der Waals surface area contributed by atoms with E-state index in [0.29, 0.717) is 12.1 Å². The van der Waals surface area contributed by atoms with Crippen molar-refractivity contribution >= 4 is 5.78 Å². The number of nitrogens with zero attached hydrogens (tertiary/aromatic N) is 1. The van der Waals surface area contributed by atoms with Crippen LogP contribution in [0.3, 0.4) is 0 Å². The summed E-state index contributed by atoms with van der Waals surface area (Å²) in [5, 5.41) is 0. The summed E-state index contributed by atoms with van der Waals surface area (Å²) in [7, 11) is 0. The van der Waals surface area contributed by atoms with Crippen LogP contribution in [0, 0.1) is 11.7 Å². The average molecular weight is 263 g/mol. The summed E-state index contributed by atoms with van der Waals surface area (Å²) in [4.78, 5) is 14.3. The van der Waals surface area contributed by atoms with E-state index in [4.69, 9.17) is 0 Å². The number of hydrogen-bond donors (Lipinski definition) is 0. The minimum atomic E-state index is -0.278. The van der Waals surface area contributed by atoms with Gasteiger partial charge in [-0.15, -0.1) is 0 Å². The first kappa shape index (κ1) is 14.2. The van der Waals surface area contributed by atoms with Crippen molar-refractivity contribution in [3.8, 4) is 0 Å². The van der Waals surface area contributed by atoms with E-state index in [1.54, 1.807) is 18.2 Å². The maximum atomic E-state index is 13.5. The monoisotopic (exact) mass is 263 g/mol. The van der Waals surface area contributed by atoms with Crippen LogP contribution in [0.15, 0.2) is 24.3 Å². The normalized spacial score (nSPS) is 14.9. The Hall–Kier alpha value is -1.22. The van der Waals surface area contributed by atoms with E-state index >= 15 is 0 Å². The molecule has 0 heterocycles. The summed E-state index contributed by atoms with van der Waals surface area (Å²) in [6.07, 6.45) is 3.85. The number of rotatable bonds is 8. The summed E-state index contributed by atoms with van der Waals surface area (Å²) >= 11 is 0. The fraction of sp³-hybridized carbons (Fsp3) is 0.562. The molecule has 0 spiro atoms. The van der Waals surface area contributed by atoms with Gasteiger partial charge in [-0.05, 0) is 43.4 Å². The van der Waals surface area contributed by atoms with Gasteiger partial charge in [0, 0.05) is 13.0 Å². The van der Waals surface area contributed by atoms with Gasteiger partial charge in [0.05, 0.1) is 6.54 Å². The number of carbonyl (C=O) groups is 1. The number of halogens is 1. The topological polar surface area (TPSA) is 20.3 Å². The number of hydrogen-bond acceptors (Lipinski definition) is 2. The molecule has 1 fully saturated rings. The molecule has 0 atom stereocenters. The van der Waals surface area contributed by atoms with Crippen LogP contribution in [0.1, 0.15) is 31.7 Å². The van der Waals surface area contributed by atoms with Crippen LogP contribution < -0.4 is 0 Å².